The number of ether oxygens (including phenoxy) is 1. The molecule has 2 aromatic carbocycles. The number of anilines is 4. The van der Waals surface area contributed by atoms with Crippen LogP contribution in [0.25, 0.3) is 11.3 Å². The zero-order chi connectivity index (χ0) is 24.7. The van der Waals surface area contributed by atoms with Gasteiger partial charge in [-0.05, 0) is 42.3 Å². The molecule has 0 aliphatic carbocycles. The van der Waals surface area contributed by atoms with Gasteiger partial charge in [-0.3, -0.25) is 4.79 Å². The van der Waals surface area contributed by atoms with Gasteiger partial charge < -0.3 is 25.2 Å². The Morgan fingerprint density at radius 1 is 1.34 bits per heavy atom. The maximum absolute atomic E-state index is 12.4. The molecule has 0 fully saturated rings. The molecule has 0 radical (unpaired) electrons. The number of aromatic nitrogens is 2. The molecule has 3 aromatic rings. The van der Waals surface area contributed by atoms with Gasteiger partial charge >= 0.3 is 0 Å². The first-order valence-electron chi connectivity index (χ1n) is 11.1. The Labute approximate surface area is 208 Å². The molecule has 2 aliphatic rings. The van der Waals surface area contributed by atoms with E-state index >= 15 is 0 Å². The van der Waals surface area contributed by atoms with Crippen LogP contribution in [0.4, 0.5) is 23.0 Å². The van der Waals surface area contributed by atoms with E-state index in [1.807, 2.05) is 30.1 Å². The topological polar surface area (TPSA) is 106 Å². The summed E-state index contributed by atoms with van der Waals surface area (Å²) in [6.45, 7) is 0.930. The number of nitrogens with one attached hydrogen (secondary N) is 2. The summed E-state index contributed by atoms with van der Waals surface area (Å²) < 4.78 is 6.00. The highest BCUT2D eigenvalue weighted by Crippen LogP contribution is 2.40. The van der Waals surface area contributed by atoms with E-state index in [0.717, 1.165) is 22.5 Å². The van der Waals surface area contributed by atoms with Crippen molar-refractivity contribution in [1.82, 2.24) is 14.9 Å². The van der Waals surface area contributed by atoms with Crippen molar-refractivity contribution in [2.45, 2.75) is 6.42 Å². The van der Waals surface area contributed by atoms with Crippen molar-refractivity contribution < 1.29 is 9.53 Å². The van der Waals surface area contributed by atoms with Gasteiger partial charge in [-0.25, -0.2) is 9.97 Å². The predicted octanol–water partition coefficient (Wildman–Crippen LogP) is 3.87. The Kier molecular flexibility index (Phi) is 5.83. The average molecular weight is 490 g/mol. The molecule has 1 unspecified atom stereocenters. The first kappa shape index (κ1) is 22.7. The smallest absolute Gasteiger partial charge is 0.228 e. The molecule has 35 heavy (non-hydrogen) atoms. The highest BCUT2D eigenvalue weighted by atomic mass is 35.5. The van der Waals surface area contributed by atoms with Crippen LogP contribution in [0.1, 0.15) is 11.1 Å². The average Bonchev–Trinajstić information content (AvgIpc) is 3.23. The highest BCUT2D eigenvalue weighted by Gasteiger charge is 2.29. The molecule has 3 heterocycles. The minimum atomic E-state index is -0.259. The number of amides is 1. The molecule has 2 N–H and O–H groups in total. The number of fused-ring (bicyclic) bond motifs is 2. The Bertz CT molecular complexity index is 1370. The number of benzene rings is 2. The van der Waals surface area contributed by atoms with Crippen molar-refractivity contribution >= 4 is 40.5 Å². The van der Waals surface area contributed by atoms with E-state index in [2.05, 4.69) is 26.7 Å². The van der Waals surface area contributed by atoms with E-state index in [-0.39, 0.29) is 18.4 Å². The summed E-state index contributed by atoms with van der Waals surface area (Å²) in [7, 11) is 5.44. The van der Waals surface area contributed by atoms with Crippen LogP contribution < -0.4 is 20.3 Å². The normalized spacial score (nSPS) is 15.9. The van der Waals surface area contributed by atoms with Crippen molar-refractivity contribution in [2.24, 2.45) is 5.92 Å². The minimum absolute atomic E-state index is 0.0214. The highest BCUT2D eigenvalue weighted by molar-refractivity contribution is 6.31. The molecular formula is C25H24ClN7O2. The fourth-order valence-corrected chi connectivity index (χ4v) is 4.67. The van der Waals surface area contributed by atoms with Crippen molar-refractivity contribution in [2.75, 3.05) is 50.0 Å². The fraction of sp³-hybridized carbons (Fsp3) is 0.280. The number of carbonyl (C=O) groups excluding carboxylic acids is 1. The van der Waals surface area contributed by atoms with Crippen molar-refractivity contribution in [1.29, 1.82) is 5.26 Å². The molecule has 1 atom stereocenters. The van der Waals surface area contributed by atoms with Crippen LogP contribution >= 0.6 is 11.6 Å². The number of nitriles is 1. The Morgan fingerprint density at radius 2 is 2.17 bits per heavy atom. The molecule has 1 amide bonds. The van der Waals surface area contributed by atoms with Gasteiger partial charge in [0.05, 0.1) is 40.9 Å². The Morgan fingerprint density at radius 3 is 2.94 bits per heavy atom. The zero-order valence-corrected chi connectivity index (χ0v) is 20.3. The molecule has 178 valence electrons. The van der Waals surface area contributed by atoms with Crippen LogP contribution in [-0.4, -0.2) is 55.2 Å². The molecule has 0 spiro atoms. The third-order valence-corrected chi connectivity index (χ3v) is 6.37. The molecule has 0 saturated heterocycles. The summed E-state index contributed by atoms with van der Waals surface area (Å²) in [5.74, 6) is 0.772. The number of halogens is 1. The number of hydrogen-bond donors (Lipinski definition) is 2. The third kappa shape index (κ3) is 4.29. The van der Waals surface area contributed by atoms with Crippen LogP contribution in [0, 0.1) is 17.2 Å². The largest absolute Gasteiger partial charge is 0.490 e. The molecule has 0 bridgehead atoms. The SMILES string of the molecule is CN(C)C(=O)C1COc2c(cc(Cl)cc2Nc2nccc(-c3cc(C#N)c4c(c3)N(C)CN4)n2)C1. The van der Waals surface area contributed by atoms with Crippen LogP contribution in [0.5, 0.6) is 5.75 Å². The van der Waals surface area contributed by atoms with E-state index in [1.54, 1.807) is 37.3 Å². The van der Waals surface area contributed by atoms with Crippen LogP contribution in [-0.2, 0) is 11.2 Å². The van der Waals surface area contributed by atoms with Gasteiger partial charge in [-0.15, -0.1) is 0 Å². The summed E-state index contributed by atoms with van der Waals surface area (Å²) in [5, 5.41) is 16.6. The Hall–Kier alpha value is -4.03. The van der Waals surface area contributed by atoms with E-state index in [1.165, 1.54) is 0 Å². The second kappa shape index (κ2) is 8.96. The van der Waals surface area contributed by atoms with E-state index in [4.69, 9.17) is 16.3 Å². The number of hydrogen-bond acceptors (Lipinski definition) is 8. The molecule has 2 aliphatic heterocycles. The lowest BCUT2D eigenvalue weighted by molar-refractivity contribution is -0.134. The molecule has 1 aromatic heterocycles. The fourth-order valence-electron chi connectivity index (χ4n) is 4.43. The summed E-state index contributed by atoms with van der Waals surface area (Å²) in [5.41, 5.74) is 5.33. The summed E-state index contributed by atoms with van der Waals surface area (Å²) in [6.07, 6.45) is 2.20. The lowest BCUT2D eigenvalue weighted by atomic mass is 9.95. The van der Waals surface area contributed by atoms with Gasteiger partial charge in [-0.2, -0.15) is 5.26 Å². The lowest BCUT2D eigenvalue weighted by Gasteiger charge is -2.28. The number of nitrogens with zero attached hydrogens (tertiary/aromatic N) is 5. The summed E-state index contributed by atoms with van der Waals surface area (Å²) in [4.78, 5) is 25.1. The lowest BCUT2D eigenvalue weighted by Crippen LogP contribution is -2.36. The first-order chi connectivity index (χ1) is 16.8. The van der Waals surface area contributed by atoms with Crippen LogP contribution in [0.15, 0.2) is 36.5 Å². The summed E-state index contributed by atoms with van der Waals surface area (Å²) in [6, 6.07) is 11.5. The van der Waals surface area contributed by atoms with Gasteiger partial charge in [0.1, 0.15) is 18.4 Å². The predicted molar refractivity (Wildman–Crippen MR) is 135 cm³/mol. The van der Waals surface area contributed by atoms with E-state index in [9.17, 15) is 10.1 Å². The summed E-state index contributed by atoms with van der Waals surface area (Å²) >= 11 is 6.39. The molecule has 0 saturated carbocycles. The van der Waals surface area contributed by atoms with Gasteiger partial charge in [0.2, 0.25) is 11.9 Å². The van der Waals surface area contributed by atoms with Gasteiger partial charge in [0, 0.05) is 37.9 Å². The maximum atomic E-state index is 12.4. The van der Waals surface area contributed by atoms with Crippen molar-refractivity contribution in [3.63, 3.8) is 0 Å². The molecule has 9 nitrogen and oxygen atoms in total. The van der Waals surface area contributed by atoms with Crippen molar-refractivity contribution in [3.8, 4) is 23.1 Å². The van der Waals surface area contributed by atoms with Gasteiger partial charge in [0.25, 0.3) is 0 Å². The second-order valence-corrected chi connectivity index (χ2v) is 9.28. The van der Waals surface area contributed by atoms with Crippen LogP contribution in [0.2, 0.25) is 5.02 Å². The van der Waals surface area contributed by atoms with Crippen LogP contribution in [0.3, 0.4) is 0 Å². The van der Waals surface area contributed by atoms with Gasteiger partial charge in [0.15, 0.2) is 0 Å². The molecule has 5 rings (SSSR count). The number of carbonyl (C=O) groups is 1. The zero-order valence-electron chi connectivity index (χ0n) is 19.6. The minimum Gasteiger partial charge on any atom is -0.490 e. The Balaban J connectivity index is 1.45. The monoisotopic (exact) mass is 489 g/mol. The van der Waals surface area contributed by atoms with Gasteiger partial charge in [-0.1, -0.05) is 11.6 Å². The molecule has 10 heteroatoms. The second-order valence-electron chi connectivity index (χ2n) is 8.84. The van der Waals surface area contributed by atoms with Crippen molar-refractivity contribution in [3.05, 3.63) is 52.7 Å². The number of rotatable bonds is 4. The quantitative estimate of drug-likeness (QED) is 0.568. The standard InChI is InChI=1S/C25H24ClN7O2/c1-32(2)24(34)17-7-15-8-18(26)10-20(23(15)35-12-17)31-25-28-5-4-19(30-25)14-6-16(11-27)22-21(9-14)33(3)13-29-22/h4-6,8-10,17,29H,7,12-13H2,1-3H3,(H,28,30,31). The maximum Gasteiger partial charge on any atom is 0.228 e. The van der Waals surface area contributed by atoms with E-state index in [0.29, 0.717) is 46.8 Å². The first-order valence-corrected chi connectivity index (χ1v) is 11.5. The third-order valence-electron chi connectivity index (χ3n) is 6.16. The van der Waals surface area contributed by atoms with E-state index < -0.39 is 0 Å². The molecular weight excluding hydrogens is 466 g/mol.